The predicted molar refractivity (Wildman–Crippen MR) is 169 cm³/mol. The molecule has 0 bridgehead atoms. The van der Waals surface area contributed by atoms with Gasteiger partial charge < -0.3 is 0 Å². The average Bonchev–Trinajstić information content (AvgIpc) is 2.95. The Morgan fingerprint density at radius 3 is 1.11 bits per heavy atom. The smallest absolute Gasteiger partial charge is 0.169 e. The topological polar surface area (TPSA) is 7.76 Å². The van der Waals surface area contributed by atoms with Crippen molar-refractivity contribution < 1.29 is 9.13 Å². The standard InChI is InChI=1S/C34H58N2S2/c1-3-5-7-9-13-17-25-35-27-21-33(22-28-35)37-31-19-15-11-12-16-20-32-38-34-23-29-36(30-24-34)26-18-14-10-8-6-4-2/h21-24,27-30H,3-20,25-26,31-32H2,1-2H3/q+2. The van der Waals surface area contributed by atoms with Crippen LogP contribution >= 0.6 is 23.5 Å². The summed E-state index contributed by atoms with van der Waals surface area (Å²) in [5, 5.41) is 0. The molecule has 0 unspecified atom stereocenters. The van der Waals surface area contributed by atoms with Gasteiger partial charge in [-0.05, 0) is 37.2 Å². The Hall–Kier alpha value is -1.00. The molecular formula is C34H58N2S2+2. The second-order valence-corrected chi connectivity index (χ2v) is 13.2. The number of rotatable bonds is 25. The van der Waals surface area contributed by atoms with Crippen molar-refractivity contribution in [1.29, 1.82) is 0 Å². The van der Waals surface area contributed by atoms with Gasteiger partial charge >= 0.3 is 0 Å². The van der Waals surface area contributed by atoms with Gasteiger partial charge in [-0.15, -0.1) is 23.5 Å². The molecule has 0 N–H and O–H groups in total. The number of hydrogen-bond donors (Lipinski definition) is 0. The second-order valence-electron chi connectivity index (χ2n) is 10.9. The molecule has 0 amide bonds. The third-order valence-corrected chi connectivity index (χ3v) is 9.53. The number of aromatic nitrogens is 2. The number of unbranched alkanes of at least 4 members (excludes halogenated alkanes) is 15. The third kappa shape index (κ3) is 17.6. The Labute approximate surface area is 244 Å². The molecule has 0 fully saturated rings. The SMILES string of the molecule is CCCCCCCC[n+]1ccc(SCCCCCCCCSc2cc[n+](CCCCCCCC)cc2)cc1. The Bertz CT molecular complexity index is 709. The monoisotopic (exact) mass is 558 g/mol. The molecule has 2 nitrogen and oxygen atoms in total. The molecule has 4 heteroatoms. The van der Waals surface area contributed by atoms with Crippen LogP contribution in [0.3, 0.4) is 0 Å². The summed E-state index contributed by atoms with van der Waals surface area (Å²) in [5.74, 6) is 2.51. The molecule has 2 aromatic rings. The fraction of sp³-hybridized carbons (Fsp3) is 0.706. The van der Waals surface area contributed by atoms with Gasteiger partial charge in [0.1, 0.15) is 13.1 Å². The van der Waals surface area contributed by atoms with Crippen LogP contribution in [0.5, 0.6) is 0 Å². The maximum atomic E-state index is 2.35. The van der Waals surface area contributed by atoms with Gasteiger partial charge in [-0.3, -0.25) is 0 Å². The van der Waals surface area contributed by atoms with E-state index < -0.39 is 0 Å². The Morgan fingerprint density at radius 2 is 0.737 bits per heavy atom. The lowest BCUT2D eigenvalue weighted by atomic mass is 10.1. The van der Waals surface area contributed by atoms with Crippen molar-refractivity contribution in [3.8, 4) is 0 Å². The van der Waals surface area contributed by atoms with Crippen LogP contribution in [-0.4, -0.2) is 11.5 Å². The number of aryl methyl sites for hydroxylation is 2. The van der Waals surface area contributed by atoms with E-state index in [1.54, 1.807) is 0 Å². The molecule has 0 radical (unpaired) electrons. The number of nitrogens with zero attached hydrogens (tertiary/aromatic N) is 2. The lowest BCUT2D eigenvalue weighted by Gasteiger charge is -2.04. The minimum absolute atomic E-state index is 1.17. The zero-order valence-corrected chi connectivity index (χ0v) is 26.5. The van der Waals surface area contributed by atoms with Crippen molar-refractivity contribution in [3.63, 3.8) is 0 Å². The van der Waals surface area contributed by atoms with Crippen LogP contribution in [-0.2, 0) is 13.1 Å². The van der Waals surface area contributed by atoms with Crippen molar-refractivity contribution in [2.24, 2.45) is 0 Å². The molecule has 2 heterocycles. The Morgan fingerprint density at radius 1 is 0.421 bits per heavy atom. The average molecular weight is 559 g/mol. The highest BCUT2D eigenvalue weighted by atomic mass is 32.2. The van der Waals surface area contributed by atoms with E-state index in [0.29, 0.717) is 0 Å². The van der Waals surface area contributed by atoms with Gasteiger partial charge in [0.25, 0.3) is 0 Å². The van der Waals surface area contributed by atoms with Crippen LogP contribution in [0.25, 0.3) is 0 Å². The minimum Gasteiger partial charge on any atom is -0.205 e. The third-order valence-electron chi connectivity index (χ3n) is 7.34. The highest BCUT2D eigenvalue weighted by Crippen LogP contribution is 2.20. The molecule has 0 saturated heterocycles. The molecule has 0 aliphatic heterocycles. The van der Waals surface area contributed by atoms with Crippen LogP contribution in [0.15, 0.2) is 58.8 Å². The van der Waals surface area contributed by atoms with Crippen molar-refractivity contribution in [1.82, 2.24) is 0 Å². The van der Waals surface area contributed by atoms with Gasteiger partial charge in [0, 0.05) is 46.9 Å². The van der Waals surface area contributed by atoms with Crippen LogP contribution in [0.1, 0.15) is 129 Å². The zero-order chi connectivity index (χ0) is 26.9. The summed E-state index contributed by atoms with van der Waals surface area (Å²) in [6.07, 6.45) is 33.7. The lowest BCUT2D eigenvalue weighted by molar-refractivity contribution is -0.697. The molecule has 0 saturated carbocycles. The molecular weight excluding hydrogens is 501 g/mol. The molecule has 2 rings (SSSR count). The molecule has 2 aromatic heterocycles. The van der Waals surface area contributed by atoms with Crippen LogP contribution in [0, 0.1) is 0 Å². The fourth-order valence-electron chi connectivity index (χ4n) is 4.82. The van der Waals surface area contributed by atoms with Gasteiger partial charge in [-0.1, -0.05) is 90.9 Å². The van der Waals surface area contributed by atoms with E-state index in [9.17, 15) is 0 Å². The summed E-state index contributed by atoms with van der Waals surface area (Å²) in [6, 6.07) is 9.23. The quantitative estimate of drug-likeness (QED) is 0.0680. The van der Waals surface area contributed by atoms with Gasteiger partial charge in [-0.2, -0.15) is 0 Å². The highest BCUT2D eigenvalue weighted by molar-refractivity contribution is 7.99. The number of thioether (sulfide) groups is 2. The summed E-state index contributed by atoms with van der Waals surface area (Å²) in [7, 11) is 0. The van der Waals surface area contributed by atoms with E-state index in [2.05, 4.69) is 72.0 Å². The van der Waals surface area contributed by atoms with Crippen molar-refractivity contribution in [2.45, 2.75) is 152 Å². The summed E-state index contributed by atoms with van der Waals surface area (Å²) in [6.45, 7) is 6.91. The normalized spacial score (nSPS) is 11.3. The lowest BCUT2D eigenvalue weighted by Crippen LogP contribution is -2.32. The summed E-state index contributed by atoms with van der Waals surface area (Å²) >= 11 is 4.05. The largest absolute Gasteiger partial charge is 0.205 e. The highest BCUT2D eigenvalue weighted by Gasteiger charge is 2.03. The van der Waals surface area contributed by atoms with E-state index in [4.69, 9.17) is 0 Å². The van der Waals surface area contributed by atoms with Crippen LogP contribution in [0.4, 0.5) is 0 Å². The minimum atomic E-state index is 1.17. The van der Waals surface area contributed by atoms with E-state index in [1.165, 1.54) is 150 Å². The second kappa shape index (κ2) is 23.9. The Balaban J connectivity index is 1.39. The number of hydrogen-bond acceptors (Lipinski definition) is 2. The predicted octanol–water partition coefficient (Wildman–Crippen LogP) is 10.2. The molecule has 214 valence electrons. The van der Waals surface area contributed by atoms with Gasteiger partial charge in [0.05, 0.1) is 0 Å². The first-order valence-electron chi connectivity index (χ1n) is 16.1. The van der Waals surface area contributed by atoms with E-state index in [0.717, 1.165) is 0 Å². The summed E-state index contributed by atoms with van der Waals surface area (Å²) in [4.78, 5) is 2.85. The fourth-order valence-corrected chi connectivity index (χ4v) is 6.62. The van der Waals surface area contributed by atoms with Crippen molar-refractivity contribution in [2.75, 3.05) is 11.5 Å². The van der Waals surface area contributed by atoms with E-state index in [-0.39, 0.29) is 0 Å². The molecule has 38 heavy (non-hydrogen) atoms. The van der Waals surface area contributed by atoms with Crippen LogP contribution in [0.2, 0.25) is 0 Å². The first-order valence-corrected chi connectivity index (χ1v) is 18.0. The molecule has 0 spiro atoms. The van der Waals surface area contributed by atoms with Crippen molar-refractivity contribution in [3.05, 3.63) is 49.1 Å². The van der Waals surface area contributed by atoms with E-state index >= 15 is 0 Å². The molecule has 0 aliphatic rings. The first kappa shape index (κ1) is 33.2. The maximum Gasteiger partial charge on any atom is 0.169 e. The summed E-state index contributed by atoms with van der Waals surface area (Å²) < 4.78 is 4.71. The van der Waals surface area contributed by atoms with Gasteiger partial charge in [0.2, 0.25) is 0 Å². The number of pyridine rings is 2. The van der Waals surface area contributed by atoms with Crippen LogP contribution < -0.4 is 9.13 Å². The van der Waals surface area contributed by atoms with Gasteiger partial charge in [-0.25, -0.2) is 9.13 Å². The zero-order valence-electron chi connectivity index (χ0n) is 24.9. The first-order chi connectivity index (χ1) is 18.8. The molecule has 0 atom stereocenters. The molecule has 0 aromatic carbocycles. The van der Waals surface area contributed by atoms with Gasteiger partial charge in [0.15, 0.2) is 24.8 Å². The van der Waals surface area contributed by atoms with Crippen molar-refractivity contribution >= 4 is 23.5 Å². The molecule has 0 aliphatic carbocycles. The van der Waals surface area contributed by atoms with E-state index in [1.807, 2.05) is 23.5 Å². The summed E-state index contributed by atoms with van der Waals surface area (Å²) in [5.41, 5.74) is 0. The maximum absolute atomic E-state index is 2.35. The Kier molecular flexibility index (Phi) is 20.8.